The summed E-state index contributed by atoms with van der Waals surface area (Å²) < 4.78 is 2.10. The normalized spacial score (nSPS) is 10.4. The Morgan fingerprint density at radius 1 is 1.50 bits per heavy atom. The lowest BCUT2D eigenvalue weighted by Gasteiger charge is -2.02. The first-order valence-electron chi connectivity index (χ1n) is 4.04. The van der Waals surface area contributed by atoms with Crippen LogP contribution in [0.4, 0.5) is 5.82 Å². The molecule has 0 saturated heterocycles. The van der Waals surface area contributed by atoms with Gasteiger partial charge in [0.05, 0.1) is 12.0 Å². The van der Waals surface area contributed by atoms with E-state index in [1.54, 1.807) is 16.8 Å². The van der Waals surface area contributed by atoms with Crippen LogP contribution in [0.1, 0.15) is 5.69 Å². The molecule has 0 saturated carbocycles. The molecule has 2 aromatic heterocycles. The molecule has 5 nitrogen and oxygen atoms in total. The summed E-state index contributed by atoms with van der Waals surface area (Å²) in [5, 5.41) is 4.21. The summed E-state index contributed by atoms with van der Waals surface area (Å²) in [6, 6.07) is 3.50. The van der Waals surface area contributed by atoms with Gasteiger partial charge in [-0.15, -0.1) is 0 Å². The standard InChI is InChI=1S/C8H9N5S/c1-5-2-6(9)13(12-5)7-3-8(14)11-4-10-7/h2-4H,9H2,1H3,(H,10,11,14). The highest BCUT2D eigenvalue weighted by molar-refractivity contribution is 7.71. The third-order valence-electron chi connectivity index (χ3n) is 1.75. The smallest absolute Gasteiger partial charge is 0.137 e. The highest BCUT2D eigenvalue weighted by Crippen LogP contribution is 2.10. The van der Waals surface area contributed by atoms with Crippen molar-refractivity contribution in [3.05, 3.63) is 28.8 Å². The van der Waals surface area contributed by atoms with E-state index in [-0.39, 0.29) is 0 Å². The number of aromatic amines is 1. The van der Waals surface area contributed by atoms with Crippen LogP contribution in [0.5, 0.6) is 0 Å². The van der Waals surface area contributed by atoms with E-state index < -0.39 is 0 Å². The number of H-pyrrole nitrogens is 1. The van der Waals surface area contributed by atoms with E-state index in [0.717, 1.165) is 11.5 Å². The molecule has 2 heterocycles. The fourth-order valence-corrected chi connectivity index (χ4v) is 1.36. The van der Waals surface area contributed by atoms with Crippen molar-refractivity contribution < 1.29 is 0 Å². The Kier molecular flexibility index (Phi) is 2.05. The number of nitrogens with zero attached hydrogens (tertiary/aromatic N) is 3. The molecule has 0 aliphatic heterocycles. The molecule has 0 radical (unpaired) electrons. The number of nitrogen functional groups attached to an aromatic ring is 1. The number of hydrogen-bond donors (Lipinski definition) is 2. The molecule has 0 unspecified atom stereocenters. The third-order valence-corrected chi connectivity index (χ3v) is 1.97. The first-order valence-corrected chi connectivity index (χ1v) is 4.45. The Morgan fingerprint density at radius 2 is 2.29 bits per heavy atom. The maximum Gasteiger partial charge on any atom is 0.137 e. The second kappa shape index (κ2) is 3.22. The molecular weight excluding hydrogens is 198 g/mol. The molecule has 0 amide bonds. The number of aryl methyl sites for hydroxylation is 1. The molecule has 0 fully saturated rings. The van der Waals surface area contributed by atoms with Crippen LogP contribution in [0.25, 0.3) is 5.82 Å². The summed E-state index contributed by atoms with van der Waals surface area (Å²) in [5.74, 6) is 1.29. The number of hydrogen-bond acceptors (Lipinski definition) is 4. The van der Waals surface area contributed by atoms with Gasteiger partial charge in [0.2, 0.25) is 0 Å². The van der Waals surface area contributed by atoms with Gasteiger partial charge in [-0.1, -0.05) is 12.2 Å². The van der Waals surface area contributed by atoms with Crippen LogP contribution < -0.4 is 5.73 Å². The zero-order chi connectivity index (χ0) is 10.1. The zero-order valence-corrected chi connectivity index (χ0v) is 8.38. The van der Waals surface area contributed by atoms with Crippen molar-refractivity contribution in [3.8, 4) is 5.82 Å². The summed E-state index contributed by atoms with van der Waals surface area (Å²) >= 11 is 4.94. The van der Waals surface area contributed by atoms with Gasteiger partial charge in [0.1, 0.15) is 16.3 Å². The van der Waals surface area contributed by atoms with Gasteiger partial charge in [0, 0.05) is 12.1 Å². The fraction of sp³-hybridized carbons (Fsp3) is 0.125. The minimum absolute atomic E-state index is 0.506. The molecule has 14 heavy (non-hydrogen) atoms. The van der Waals surface area contributed by atoms with Gasteiger partial charge in [0.15, 0.2) is 0 Å². The average molecular weight is 207 g/mol. The van der Waals surface area contributed by atoms with Crippen LogP contribution in [-0.2, 0) is 0 Å². The SMILES string of the molecule is Cc1cc(N)n(-c2cc(=S)nc[nH]2)n1. The van der Waals surface area contributed by atoms with E-state index in [2.05, 4.69) is 15.1 Å². The zero-order valence-electron chi connectivity index (χ0n) is 7.56. The van der Waals surface area contributed by atoms with Gasteiger partial charge in [-0.05, 0) is 6.92 Å². The Bertz CT molecular complexity index is 512. The molecule has 0 spiro atoms. The summed E-state index contributed by atoms with van der Waals surface area (Å²) in [6.45, 7) is 1.88. The van der Waals surface area contributed by atoms with Crippen LogP contribution in [0, 0.1) is 11.6 Å². The second-order valence-electron chi connectivity index (χ2n) is 2.89. The Hall–Kier alpha value is -1.69. The average Bonchev–Trinajstić information content (AvgIpc) is 2.45. The number of nitrogens with one attached hydrogen (secondary N) is 1. The van der Waals surface area contributed by atoms with Crippen molar-refractivity contribution in [3.63, 3.8) is 0 Å². The molecule has 0 aromatic carbocycles. The molecule has 72 valence electrons. The lowest BCUT2D eigenvalue weighted by Crippen LogP contribution is -2.04. The lowest BCUT2D eigenvalue weighted by atomic mass is 10.5. The third kappa shape index (κ3) is 1.51. The van der Waals surface area contributed by atoms with Crippen molar-refractivity contribution in [2.24, 2.45) is 0 Å². The number of anilines is 1. The predicted octanol–water partition coefficient (Wildman–Crippen LogP) is 1.22. The molecule has 2 aromatic rings. The summed E-state index contributed by atoms with van der Waals surface area (Å²) in [6.07, 6.45) is 1.52. The minimum atomic E-state index is 0.506. The number of rotatable bonds is 1. The fourth-order valence-electron chi connectivity index (χ4n) is 1.19. The summed E-state index contributed by atoms with van der Waals surface area (Å²) in [5.41, 5.74) is 6.61. The van der Waals surface area contributed by atoms with Crippen molar-refractivity contribution in [1.82, 2.24) is 19.7 Å². The van der Waals surface area contributed by atoms with Crippen LogP contribution in [0.2, 0.25) is 0 Å². The molecule has 0 aliphatic rings. The topological polar surface area (TPSA) is 72.5 Å². The van der Waals surface area contributed by atoms with Gasteiger partial charge in [-0.25, -0.2) is 9.67 Å². The van der Waals surface area contributed by atoms with Crippen molar-refractivity contribution >= 4 is 18.0 Å². The Balaban J connectivity index is 2.59. The maximum atomic E-state index is 5.75. The van der Waals surface area contributed by atoms with Gasteiger partial charge < -0.3 is 10.7 Å². The van der Waals surface area contributed by atoms with E-state index in [9.17, 15) is 0 Å². The van der Waals surface area contributed by atoms with E-state index >= 15 is 0 Å². The predicted molar refractivity (Wildman–Crippen MR) is 55.7 cm³/mol. The van der Waals surface area contributed by atoms with Gasteiger partial charge >= 0.3 is 0 Å². The number of nitrogens with two attached hydrogens (primary N) is 1. The van der Waals surface area contributed by atoms with Crippen molar-refractivity contribution in [2.75, 3.05) is 5.73 Å². The van der Waals surface area contributed by atoms with Gasteiger partial charge in [-0.2, -0.15) is 5.10 Å². The van der Waals surface area contributed by atoms with Gasteiger partial charge in [-0.3, -0.25) is 0 Å². The van der Waals surface area contributed by atoms with Crippen molar-refractivity contribution in [1.29, 1.82) is 0 Å². The summed E-state index contributed by atoms with van der Waals surface area (Å²) in [7, 11) is 0. The maximum absolute atomic E-state index is 5.75. The Labute approximate surface area is 85.6 Å². The molecule has 2 rings (SSSR count). The van der Waals surface area contributed by atoms with Crippen LogP contribution in [0.3, 0.4) is 0 Å². The monoisotopic (exact) mass is 207 g/mol. The van der Waals surface area contributed by atoms with E-state index in [4.69, 9.17) is 18.0 Å². The molecule has 0 aliphatic carbocycles. The van der Waals surface area contributed by atoms with Crippen LogP contribution in [0.15, 0.2) is 18.5 Å². The highest BCUT2D eigenvalue weighted by Gasteiger charge is 2.03. The largest absolute Gasteiger partial charge is 0.384 e. The van der Waals surface area contributed by atoms with Crippen LogP contribution in [-0.4, -0.2) is 19.7 Å². The summed E-state index contributed by atoms with van der Waals surface area (Å²) in [4.78, 5) is 6.80. The van der Waals surface area contributed by atoms with E-state index in [1.165, 1.54) is 6.33 Å². The quantitative estimate of drug-likeness (QED) is 0.689. The second-order valence-corrected chi connectivity index (χ2v) is 3.31. The molecule has 3 N–H and O–H groups in total. The first-order chi connectivity index (χ1) is 6.66. The minimum Gasteiger partial charge on any atom is -0.384 e. The highest BCUT2D eigenvalue weighted by atomic mass is 32.1. The van der Waals surface area contributed by atoms with E-state index in [0.29, 0.717) is 10.5 Å². The molecule has 6 heteroatoms. The molecule has 0 atom stereocenters. The van der Waals surface area contributed by atoms with E-state index in [1.807, 2.05) is 6.92 Å². The molecule has 0 bridgehead atoms. The van der Waals surface area contributed by atoms with Crippen molar-refractivity contribution in [2.45, 2.75) is 6.92 Å². The first kappa shape index (κ1) is 8.89. The number of aromatic nitrogens is 4. The van der Waals surface area contributed by atoms with Gasteiger partial charge in [0.25, 0.3) is 0 Å². The van der Waals surface area contributed by atoms with Crippen LogP contribution >= 0.6 is 12.2 Å². The lowest BCUT2D eigenvalue weighted by molar-refractivity contribution is 0.833. The Morgan fingerprint density at radius 3 is 2.86 bits per heavy atom. The molecular formula is C8H9N5S.